The van der Waals surface area contributed by atoms with Crippen molar-refractivity contribution in [2.75, 3.05) is 12.4 Å². The van der Waals surface area contributed by atoms with Crippen molar-refractivity contribution < 1.29 is 28.3 Å². The van der Waals surface area contributed by atoms with E-state index in [1.54, 1.807) is 0 Å². The molecule has 1 aromatic heterocycles. The second kappa shape index (κ2) is 7.27. The van der Waals surface area contributed by atoms with Gasteiger partial charge in [0.05, 0.1) is 11.7 Å². The Morgan fingerprint density at radius 2 is 2.11 bits per heavy atom. The number of likely N-dealkylation sites (N-methyl/N-ethyl adjacent to an activating group) is 1. The molecule has 1 saturated heterocycles. The Hall–Kier alpha value is -3.08. The van der Waals surface area contributed by atoms with Gasteiger partial charge in [-0.05, 0) is 36.5 Å². The number of anilines is 1. The summed E-state index contributed by atoms with van der Waals surface area (Å²) in [7, 11) is 3.03. The summed E-state index contributed by atoms with van der Waals surface area (Å²) < 4.78 is 18.8. The van der Waals surface area contributed by atoms with Gasteiger partial charge in [0.2, 0.25) is 5.91 Å². The zero-order valence-corrected chi connectivity index (χ0v) is 15.3. The molecule has 3 rings (SSSR count). The molecular weight excluding hydrogens is 377 g/mol. The average molecular weight is 393 g/mol. The number of carbonyl (C=O) groups excluding carboxylic acids is 2. The number of nitrogens with zero attached hydrogens (tertiary/aromatic N) is 4. The lowest BCUT2D eigenvalue weighted by Gasteiger charge is -2.21. The molecule has 1 fully saturated rings. The molecule has 2 amide bonds. The predicted molar refractivity (Wildman–Crippen MR) is 91.5 cm³/mol. The minimum absolute atomic E-state index is 0.0256. The van der Waals surface area contributed by atoms with Crippen LogP contribution in [0.2, 0.25) is 0 Å². The van der Waals surface area contributed by atoms with Crippen LogP contribution in [-0.2, 0) is 23.2 Å². The van der Waals surface area contributed by atoms with Crippen molar-refractivity contribution >= 4 is 34.8 Å². The lowest BCUT2D eigenvalue weighted by atomic mass is 10.1. The first kappa shape index (κ1) is 18.7. The van der Waals surface area contributed by atoms with Gasteiger partial charge in [0.1, 0.15) is 18.4 Å². The van der Waals surface area contributed by atoms with E-state index in [9.17, 15) is 19.1 Å². The Morgan fingerprint density at radius 3 is 2.70 bits per heavy atom. The van der Waals surface area contributed by atoms with Gasteiger partial charge < -0.3 is 19.8 Å². The van der Waals surface area contributed by atoms with Crippen LogP contribution in [0.5, 0.6) is 5.95 Å². The van der Waals surface area contributed by atoms with E-state index < -0.39 is 23.7 Å². The van der Waals surface area contributed by atoms with Gasteiger partial charge in [0.25, 0.3) is 11.6 Å². The first-order chi connectivity index (χ1) is 12.8. The molecule has 0 spiro atoms. The van der Waals surface area contributed by atoms with Crippen molar-refractivity contribution in [3.05, 3.63) is 35.8 Å². The summed E-state index contributed by atoms with van der Waals surface area (Å²) in [6.45, 7) is -0.0256. The number of benzene rings is 1. The molecular formula is C16H16FN5O4S. The monoisotopic (exact) mass is 393 g/mol. The largest absolute Gasteiger partial charge is 0.539 e. The van der Waals surface area contributed by atoms with E-state index in [4.69, 9.17) is 12.2 Å². The Bertz CT molecular complexity index is 881. The number of hydrogen-bond donors (Lipinski definition) is 1. The Balaban J connectivity index is 1.76. The van der Waals surface area contributed by atoms with Gasteiger partial charge in [0, 0.05) is 12.7 Å². The number of amides is 2. The molecule has 142 valence electrons. The number of carbonyl (C=O) groups is 2. The molecule has 1 aliphatic rings. The smallest absolute Gasteiger partial charge is 0.252 e. The van der Waals surface area contributed by atoms with E-state index in [1.165, 1.54) is 52.8 Å². The van der Waals surface area contributed by atoms with Gasteiger partial charge in [0.15, 0.2) is 18.1 Å². The van der Waals surface area contributed by atoms with E-state index in [0.29, 0.717) is 5.69 Å². The fourth-order valence-electron chi connectivity index (χ4n) is 2.73. The van der Waals surface area contributed by atoms with E-state index in [1.807, 2.05) is 0 Å². The van der Waals surface area contributed by atoms with Gasteiger partial charge in [-0.3, -0.25) is 14.5 Å². The number of thiocarbonyl (C=S) groups is 1. The number of aryl methyl sites for hydroxylation is 1. The summed E-state index contributed by atoms with van der Waals surface area (Å²) in [4.78, 5) is 27.6. The highest BCUT2D eigenvalue weighted by molar-refractivity contribution is 7.80. The highest BCUT2D eigenvalue weighted by atomic mass is 32.1. The molecule has 9 nitrogen and oxygen atoms in total. The van der Waals surface area contributed by atoms with E-state index in [-0.39, 0.29) is 29.7 Å². The van der Waals surface area contributed by atoms with Gasteiger partial charge in [-0.15, -0.1) is 0 Å². The molecule has 27 heavy (non-hydrogen) atoms. The van der Waals surface area contributed by atoms with Gasteiger partial charge >= 0.3 is 0 Å². The Labute approximate surface area is 158 Å². The zero-order valence-electron chi connectivity index (χ0n) is 14.5. The maximum atomic E-state index is 13.0. The molecule has 1 unspecified atom stereocenters. The third-order valence-electron chi connectivity index (χ3n) is 4.22. The third-order valence-corrected chi connectivity index (χ3v) is 4.73. The van der Waals surface area contributed by atoms with Crippen LogP contribution >= 0.6 is 12.2 Å². The van der Waals surface area contributed by atoms with Crippen LogP contribution in [0.3, 0.4) is 0 Å². The van der Waals surface area contributed by atoms with Crippen molar-refractivity contribution in [1.82, 2.24) is 15.1 Å². The summed E-state index contributed by atoms with van der Waals surface area (Å²) in [5, 5.41) is 18.1. The van der Waals surface area contributed by atoms with Crippen molar-refractivity contribution in [2.45, 2.75) is 19.0 Å². The molecule has 0 aliphatic carbocycles. The second-order valence-corrected chi connectivity index (χ2v) is 6.38. The lowest BCUT2D eigenvalue weighted by molar-refractivity contribution is -0.746. The van der Waals surface area contributed by atoms with Crippen LogP contribution in [-0.4, -0.2) is 45.1 Å². The number of hydrogen-bond acceptors (Lipinski definition) is 6. The normalized spacial score (nSPS) is 16.9. The highest BCUT2D eigenvalue weighted by Crippen LogP contribution is 2.23. The maximum absolute atomic E-state index is 13.0. The number of rotatable bonds is 5. The molecule has 0 radical (unpaired) electrons. The summed E-state index contributed by atoms with van der Waals surface area (Å²) in [6.07, 6.45) is -0.191. The van der Waals surface area contributed by atoms with Crippen LogP contribution in [0.1, 0.15) is 12.1 Å². The van der Waals surface area contributed by atoms with Crippen LogP contribution in [0.4, 0.5) is 10.1 Å². The number of halogens is 1. The zero-order chi connectivity index (χ0) is 19.7. The van der Waals surface area contributed by atoms with Crippen LogP contribution in [0, 0.1) is 5.82 Å². The lowest BCUT2D eigenvalue weighted by Crippen LogP contribution is -2.42. The summed E-state index contributed by atoms with van der Waals surface area (Å²) in [5.41, 5.74) is 0.603. The molecule has 1 aliphatic heterocycles. The maximum Gasteiger partial charge on any atom is 0.252 e. The van der Waals surface area contributed by atoms with Gasteiger partial charge in [-0.1, -0.05) is 4.68 Å². The Morgan fingerprint density at radius 1 is 1.44 bits per heavy atom. The fourth-order valence-corrected chi connectivity index (χ4v) is 3.02. The fraction of sp³-hybridized carbons (Fsp3) is 0.312. The molecule has 11 heteroatoms. The van der Waals surface area contributed by atoms with Crippen molar-refractivity contribution in [1.29, 1.82) is 0 Å². The molecule has 0 bridgehead atoms. The van der Waals surface area contributed by atoms with Crippen LogP contribution < -0.4 is 15.1 Å². The predicted octanol–water partition coefficient (Wildman–Crippen LogP) is -0.332. The van der Waals surface area contributed by atoms with Crippen LogP contribution in [0.15, 0.2) is 28.8 Å². The molecule has 2 aromatic rings. The Kier molecular flexibility index (Phi) is 5.04. The topological polar surface area (TPSA) is 106 Å². The minimum atomic E-state index is -0.878. The van der Waals surface area contributed by atoms with E-state index in [0.717, 1.165) is 0 Å². The SMILES string of the molecule is CN1C(=O)C(CC(=O)Nc2ccc(F)cc2)N(Cc2c([O-])on[n+]2C)C1=S. The van der Waals surface area contributed by atoms with Gasteiger partial charge in [-0.25, -0.2) is 4.39 Å². The average Bonchev–Trinajstić information content (AvgIpc) is 3.04. The van der Waals surface area contributed by atoms with E-state index >= 15 is 0 Å². The molecule has 1 N–H and O–H groups in total. The van der Waals surface area contributed by atoms with Crippen LogP contribution in [0.25, 0.3) is 0 Å². The van der Waals surface area contributed by atoms with Crippen molar-refractivity contribution in [3.63, 3.8) is 0 Å². The molecule has 0 saturated carbocycles. The number of aromatic nitrogens is 2. The molecule has 2 heterocycles. The molecule has 1 atom stereocenters. The first-order valence-corrected chi connectivity index (χ1v) is 8.34. The van der Waals surface area contributed by atoms with Crippen molar-refractivity contribution in [2.24, 2.45) is 7.05 Å². The highest BCUT2D eigenvalue weighted by Gasteiger charge is 2.42. The summed E-state index contributed by atoms with van der Waals surface area (Å²) in [5.74, 6) is -1.87. The summed E-state index contributed by atoms with van der Waals surface area (Å²) >= 11 is 5.27. The molecule has 1 aromatic carbocycles. The standard InChI is InChI=1S/C16H16FN5O4S/c1-20-14(24)11(7-13(23)18-10-5-3-9(17)4-6-10)22(16(20)27)8-12-15(25)26-19-21(12)2/h3-6,11H,7-8H2,1-2H3,(H-,18,19,23,25). The quantitative estimate of drug-likeness (QED) is 0.548. The number of nitrogens with one attached hydrogen (secondary N) is 1. The summed E-state index contributed by atoms with van der Waals surface area (Å²) in [6, 6.07) is 4.38. The van der Waals surface area contributed by atoms with E-state index in [2.05, 4.69) is 15.1 Å². The third kappa shape index (κ3) is 3.72. The van der Waals surface area contributed by atoms with Crippen molar-refractivity contribution in [3.8, 4) is 5.95 Å². The minimum Gasteiger partial charge on any atom is -0.539 e. The van der Waals surface area contributed by atoms with Gasteiger partial charge in [-0.2, -0.15) is 0 Å². The second-order valence-electron chi connectivity index (χ2n) is 6.01. The first-order valence-electron chi connectivity index (χ1n) is 7.93.